The maximum absolute atomic E-state index is 13.1. The van der Waals surface area contributed by atoms with E-state index in [0.29, 0.717) is 18.7 Å². The van der Waals surface area contributed by atoms with E-state index in [4.69, 9.17) is 18.9 Å². The molecule has 0 radical (unpaired) electrons. The van der Waals surface area contributed by atoms with Crippen molar-refractivity contribution in [2.75, 3.05) is 32.7 Å². The second-order valence-corrected chi connectivity index (χ2v) is 18.3. The smallest absolute Gasteiger partial charge is 0.417 e. The number of hydrogen-bond acceptors (Lipinski definition) is 11. The normalized spacial score (nSPS) is 12.3. The molecule has 0 atom stereocenters. The van der Waals surface area contributed by atoms with E-state index >= 15 is 0 Å². The van der Waals surface area contributed by atoms with E-state index in [2.05, 4.69) is 37.8 Å². The van der Waals surface area contributed by atoms with Crippen LogP contribution >= 0.6 is 0 Å². The van der Waals surface area contributed by atoms with Crippen molar-refractivity contribution >= 4 is 36.3 Å². The van der Waals surface area contributed by atoms with Gasteiger partial charge in [0.25, 0.3) is 0 Å². The van der Waals surface area contributed by atoms with Crippen molar-refractivity contribution < 1.29 is 38.1 Å². The van der Waals surface area contributed by atoms with Gasteiger partial charge in [-0.3, -0.25) is 25.9 Å². The molecule has 330 valence electrons. The van der Waals surface area contributed by atoms with E-state index in [1.165, 1.54) is 4.90 Å². The molecule has 0 aliphatic carbocycles. The third-order valence-electron chi connectivity index (χ3n) is 7.20. The first-order valence-corrected chi connectivity index (χ1v) is 20.7. The van der Waals surface area contributed by atoms with Crippen LogP contribution in [0.1, 0.15) is 167 Å². The Morgan fingerprint density at radius 3 is 1.25 bits per heavy atom. The van der Waals surface area contributed by atoms with Gasteiger partial charge < -0.3 is 24.3 Å². The third kappa shape index (κ3) is 33.9. The number of aliphatic imine (C=N–C) groups is 2. The highest BCUT2D eigenvalue weighted by molar-refractivity contribution is 6.02. The van der Waals surface area contributed by atoms with Gasteiger partial charge in [0.1, 0.15) is 22.4 Å². The molecule has 0 spiro atoms. The molecule has 0 aromatic heterocycles. The number of hydrogen-bond donors (Lipinski definition) is 4. The lowest BCUT2D eigenvalue weighted by Crippen LogP contribution is -2.50. The molecule has 15 nitrogen and oxygen atoms in total. The molecule has 0 unspecified atom stereocenters. The Hall–Kier alpha value is -3.88. The number of unbranched alkanes of at least 4 members (excludes halogenated alkanes) is 10. The topological polar surface area (TPSA) is 181 Å². The Morgan fingerprint density at radius 2 is 0.860 bits per heavy atom. The van der Waals surface area contributed by atoms with Crippen LogP contribution < -0.4 is 21.3 Å². The van der Waals surface area contributed by atoms with Gasteiger partial charge in [0.15, 0.2) is 0 Å². The van der Waals surface area contributed by atoms with Crippen molar-refractivity contribution in [3.05, 3.63) is 12.2 Å². The molecular weight excluding hydrogens is 731 g/mol. The predicted octanol–water partition coefficient (Wildman–Crippen LogP) is 9.36. The highest BCUT2D eigenvalue weighted by Gasteiger charge is 2.28. The maximum atomic E-state index is 13.1. The zero-order valence-corrected chi connectivity index (χ0v) is 37.8. The van der Waals surface area contributed by atoms with E-state index in [1.807, 2.05) is 0 Å². The quantitative estimate of drug-likeness (QED) is 0.0306. The van der Waals surface area contributed by atoms with E-state index < -0.39 is 46.8 Å². The van der Waals surface area contributed by atoms with Gasteiger partial charge in [-0.15, -0.1) is 0 Å². The lowest BCUT2D eigenvalue weighted by Gasteiger charge is -2.29. The summed E-state index contributed by atoms with van der Waals surface area (Å²) < 4.78 is 21.6. The summed E-state index contributed by atoms with van der Waals surface area (Å²) in [5.41, 5.74) is -2.09. The van der Waals surface area contributed by atoms with Crippen molar-refractivity contribution in [3.63, 3.8) is 0 Å². The first-order chi connectivity index (χ1) is 26.3. The average Bonchev–Trinajstić information content (AvgIpc) is 3.00. The maximum Gasteiger partial charge on any atom is 0.417 e. The standard InChI is InChI=1S/C42H79N7O8/c1-32(2)31-49(38(53)57-42(12,13)14)34(48-37(52)56-41(9,10)11)45-30-26-22-18-16-20-24-28-43-27-23-19-15-17-21-25-29-44-33(46-35(50)54-39(3,4)5)47-36(51)55-40(6,7)8/h43H,1,15-31H2,2-14H3,(H,45,48,52)(H2,44,46,47,50,51). The highest BCUT2D eigenvalue weighted by atomic mass is 16.6. The minimum atomic E-state index is -0.722. The Morgan fingerprint density at radius 1 is 0.509 bits per heavy atom. The van der Waals surface area contributed by atoms with E-state index in [0.717, 1.165) is 90.1 Å². The first kappa shape index (κ1) is 53.1. The summed E-state index contributed by atoms with van der Waals surface area (Å²) in [6, 6.07) is 0. The predicted molar refractivity (Wildman–Crippen MR) is 229 cm³/mol. The Labute approximate surface area is 344 Å². The van der Waals surface area contributed by atoms with E-state index in [9.17, 15) is 19.2 Å². The third-order valence-corrected chi connectivity index (χ3v) is 7.20. The van der Waals surface area contributed by atoms with Crippen LogP contribution in [-0.2, 0) is 18.9 Å². The van der Waals surface area contributed by atoms with Gasteiger partial charge in [-0.1, -0.05) is 63.5 Å². The molecule has 0 bridgehead atoms. The summed E-state index contributed by atoms with van der Waals surface area (Å²) in [6.45, 7) is 30.0. The van der Waals surface area contributed by atoms with E-state index in [1.54, 1.807) is 90.0 Å². The van der Waals surface area contributed by atoms with Crippen LogP contribution in [0.25, 0.3) is 0 Å². The molecule has 57 heavy (non-hydrogen) atoms. The fourth-order valence-corrected chi connectivity index (χ4v) is 4.95. The second-order valence-electron chi connectivity index (χ2n) is 18.3. The number of ether oxygens (including phenoxy) is 4. The SMILES string of the molecule is C=C(C)CN(C(=O)OC(C)(C)C)C(=NCCCCCCCCNCCCCCCCCN=C(NC(=O)OC(C)(C)C)NC(=O)OC(C)(C)C)NC(=O)OC(C)(C)C. The van der Waals surface area contributed by atoms with Crippen LogP contribution in [0.5, 0.6) is 0 Å². The molecule has 15 heteroatoms. The second kappa shape index (κ2) is 26.9. The number of alkyl carbamates (subject to hydrolysis) is 3. The van der Waals surface area contributed by atoms with Crippen LogP contribution in [0, 0.1) is 0 Å². The fourth-order valence-electron chi connectivity index (χ4n) is 4.95. The molecule has 0 heterocycles. The monoisotopic (exact) mass is 810 g/mol. The van der Waals surface area contributed by atoms with Crippen molar-refractivity contribution in [2.45, 2.75) is 189 Å². The van der Waals surface area contributed by atoms with Gasteiger partial charge >= 0.3 is 24.4 Å². The molecule has 0 aromatic rings. The Kier molecular flexibility index (Phi) is 25.1. The average molecular weight is 810 g/mol. The van der Waals surface area contributed by atoms with Crippen LogP contribution in [0.2, 0.25) is 0 Å². The van der Waals surface area contributed by atoms with E-state index in [-0.39, 0.29) is 18.5 Å². The summed E-state index contributed by atoms with van der Waals surface area (Å²) in [5.74, 6) is 0.104. The Balaban J connectivity index is 4.43. The molecule has 0 rings (SSSR count). The fraction of sp³-hybridized carbons (Fsp3) is 0.810. The molecule has 0 aliphatic rings. The number of carbonyl (C=O) groups is 4. The van der Waals surface area contributed by atoms with Crippen LogP contribution in [0.3, 0.4) is 0 Å². The van der Waals surface area contributed by atoms with Crippen molar-refractivity contribution in [1.29, 1.82) is 0 Å². The summed E-state index contributed by atoms with van der Waals surface area (Å²) >= 11 is 0. The number of guanidine groups is 2. The number of nitrogens with one attached hydrogen (secondary N) is 4. The van der Waals surface area contributed by atoms with Gasteiger partial charge in [0.05, 0.1) is 6.54 Å². The summed E-state index contributed by atoms with van der Waals surface area (Å²) in [5, 5.41) is 11.2. The number of nitrogens with zero attached hydrogens (tertiary/aromatic N) is 3. The van der Waals surface area contributed by atoms with Gasteiger partial charge in [-0.05, 0) is 129 Å². The molecule has 0 aliphatic heterocycles. The van der Waals surface area contributed by atoms with Gasteiger partial charge in [-0.25, -0.2) is 24.1 Å². The number of amides is 4. The first-order valence-electron chi connectivity index (χ1n) is 20.7. The summed E-state index contributed by atoms with van der Waals surface area (Å²) in [6.07, 6.45) is 9.93. The summed E-state index contributed by atoms with van der Waals surface area (Å²) in [7, 11) is 0. The number of carbonyl (C=O) groups excluding carboxylic acids is 4. The lowest BCUT2D eigenvalue weighted by molar-refractivity contribution is 0.0367. The van der Waals surface area contributed by atoms with Crippen molar-refractivity contribution in [3.8, 4) is 0 Å². The lowest BCUT2D eigenvalue weighted by atomic mass is 10.1. The van der Waals surface area contributed by atoms with Crippen molar-refractivity contribution in [1.82, 2.24) is 26.2 Å². The molecule has 0 saturated carbocycles. The zero-order chi connectivity index (χ0) is 43.7. The van der Waals surface area contributed by atoms with Gasteiger partial charge in [0.2, 0.25) is 11.9 Å². The van der Waals surface area contributed by atoms with Crippen LogP contribution in [0.15, 0.2) is 22.1 Å². The van der Waals surface area contributed by atoms with Gasteiger partial charge in [0, 0.05) is 13.1 Å². The molecule has 4 N–H and O–H groups in total. The highest BCUT2D eigenvalue weighted by Crippen LogP contribution is 2.14. The minimum absolute atomic E-state index is 0.0130. The van der Waals surface area contributed by atoms with Crippen LogP contribution in [0.4, 0.5) is 19.2 Å². The number of rotatable bonds is 20. The molecule has 0 fully saturated rings. The Bertz CT molecular complexity index is 1260. The molecular formula is C42H79N7O8. The van der Waals surface area contributed by atoms with Crippen LogP contribution in [-0.4, -0.2) is 96.3 Å². The van der Waals surface area contributed by atoms with Gasteiger partial charge in [-0.2, -0.15) is 0 Å². The molecule has 0 saturated heterocycles. The summed E-state index contributed by atoms with van der Waals surface area (Å²) in [4.78, 5) is 60.4. The minimum Gasteiger partial charge on any atom is -0.444 e. The molecule has 4 amide bonds. The largest absolute Gasteiger partial charge is 0.444 e. The van der Waals surface area contributed by atoms with Crippen molar-refractivity contribution in [2.24, 2.45) is 9.98 Å². The zero-order valence-electron chi connectivity index (χ0n) is 37.8. The molecule has 0 aromatic carbocycles.